The van der Waals surface area contributed by atoms with Crippen LogP contribution in [0, 0.1) is 0 Å². The van der Waals surface area contributed by atoms with Gasteiger partial charge in [0.05, 0.1) is 12.3 Å². The standard InChI is InChI=1S/C18H24N2O2S/c1-6-22-17(21)16-15(14-10-8-7-9-11-14)19-18(23-16)20(12(2)3)13(4)5/h7-13H,6H2,1-5H3. The molecule has 0 bridgehead atoms. The molecule has 2 rings (SSSR count). The van der Waals surface area contributed by atoms with Crippen LogP contribution in [0.1, 0.15) is 44.3 Å². The van der Waals surface area contributed by atoms with Crippen LogP contribution >= 0.6 is 11.3 Å². The van der Waals surface area contributed by atoms with E-state index in [1.807, 2.05) is 37.3 Å². The first-order valence-electron chi connectivity index (χ1n) is 7.97. The number of ether oxygens (including phenoxy) is 1. The van der Waals surface area contributed by atoms with Crippen molar-refractivity contribution in [2.24, 2.45) is 0 Å². The summed E-state index contributed by atoms with van der Waals surface area (Å²) in [6.07, 6.45) is 0. The van der Waals surface area contributed by atoms with Gasteiger partial charge in [-0.1, -0.05) is 41.7 Å². The number of thiazole rings is 1. The fraction of sp³-hybridized carbons (Fsp3) is 0.444. The number of anilines is 1. The van der Waals surface area contributed by atoms with Crippen LogP contribution in [0.2, 0.25) is 0 Å². The minimum Gasteiger partial charge on any atom is -0.462 e. The Kier molecular flexibility index (Phi) is 5.77. The smallest absolute Gasteiger partial charge is 0.350 e. The highest BCUT2D eigenvalue weighted by atomic mass is 32.1. The van der Waals surface area contributed by atoms with E-state index in [2.05, 4.69) is 32.6 Å². The minimum atomic E-state index is -0.303. The van der Waals surface area contributed by atoms with E-state index < -0.39 is 0 Å². The summed E-state index contributed by atoms with van der Waals surface area (Å²) in [4.78, 5) is 19.9. The van der Waals surface area contributed by atoms with Crippen molar-refractivity contribution in [1.82, 2.24) is 4.98 Å². The Hall–Kier alpha value is -1.88. The van der Waals surface area contributed by atoms with Gasteiger partial charge in [0.25, 0.3) is 0 Å². The molecule has 0 fully saturated rings. The van der Waals surface area contributed by atoms with Crippen LogP contribution in [0.4, 0.5) is 5.13 Å². The van der Waals surface area contributed by atoms with Crippen molar-refractivity contribution in [3.63, 3.8) is 0 Å². The third kappa shape index (κ3) is 3.91. The van der Waals surface area contributed by atoms with Gasteiger partial charge in [-0.25, -0.2) is 9.78 Å². The number of carbonyl (C=O) groups excluding carboxylic acids is 1. The number of hydrogen-bond acceptors (Lipinski definition) is 5. The molecular formula is C18H24N2O2S. The lowest BCUT2D eigenvalue weighted by Gasteiger charge is -2.30. The molecule has 5 heteroatoms. The molecule has 0 radical (unpaired) electrons. The summed E-state index contributed by atoms with van der Waals surface area (Å²) in [6.45, 7) is 10.7. The zero-order chi connectivity index (χ0) is 17.0. The molecule has 1 aromatic carbocycles. The average molecular weight is 332 g/mol. The van der Waals surface area contributed by atoms with Crippen molar-refractivity contribution < 1.29 is 9.53 Å². The zero-order valence-corrected chi connectivity index (χ0v) is 15.2. The lowest BCUT2D eigenvalue weighted by Crippen LogP contribution is -2.36. The number of rotatable bonds is 6. The summed E-state index contributed by atoms with van der Waals surface area (Å²) in [5, 5.41) is 0.858. The van der Waals surface area contributed by atoms with Crippen molar-refractivity contribution in [1.29, 1.82) is 0 Å². The second-order valence-corrected chi connectivity index (χ2v) is 6.83. The molecule has 124 valence electrons. The molecule has 23 heavy (non-hydrogen) atoms. The largest absolute Gasteiger partial charge is 0.462 e. The molecule has 4 nitrogen and oxygen atoms in total. The van der Waals surface area contributed by atoms with Crippen LogP contribution in [0.25, 0.3) is 11.3 Å². The second kappa shape index (κ2) is 7.59. The van der Waals surface area contributed by atoms with Gasteiger partial charge in [0.1, 0.15) is 4.88 Å². The van der Waals surface area contributed by atoms with Gasteiger partial charge < -0.3 is 9.64 Å². The van der Waals surface area contributed by atoms with E-state index in [1.54, 1.807) is 0 Å². The second-order valence-electron chi connectivity index (χ2n) is 5.86. The zero-order valence-electron chi connectivity index (χ0n) is 14.4. The molecule has 2 aromatic rings. The first-order valence-corrected chi connectivity index (χ1v) is 8.79. The number of esters is 1. The van der Waals surface area contributed by atoms with E-state index in [0.717, 1.165) is 10.7 Å². The molecule has 0 saturated heterocycles. The lowest BCUT2D eigenvalue weighted by molar-refractivity contribution is 0.0532. The molecule has 0 unspecified atom stereocenters. The summed E-state index contributed by atoms with van der Waals surface area (Å²) in [7, 11) is 0. The van der Waals surface area contributed by atoms with Gasteiger partial charge in [-0.05, 0) is 34.6 Å². The molecule has 0 atom stereocenters. The van der Waals surface area contributed by atoms with E-state index in [-0.39, 0.29) is 5.97 Å². The van der Waals surface area contributed by atoms with Crippen LogP contribution in [0.3, 0.4) is 0 Å². The highest BCUT2D eigenvalue weighted by Gasteiger charge is 2.25. The summed E-state index contributed by atoms with van der Waals surface area (Å²) >= 11 is 1.41. The number of nitrogens with zero attached hydrogens (tertiary/aromatic N) is 2. The number of hydrogen-bond donors (Lipinski definition) is 0. The lowest BCUT2D eigenvalue weighted by atomic mass is 10.1. The predicted octanol–water partition coefficient (Wildman–Crippen LogP) is 4.61. The van der Waals surface area contributed by atoms with E-state index in [0.29, 0.717) is 29.3 Å². The predicted molar refractivity (Wildman–Crippen MR) is 96.3 cm³/mol. The number of aromatic nitrogens is 1. The molecule has 0 saturated carbocycles. The van der Waals surface area contributed by atoms with E-state index >= 15 is 0 Å². The Balaban J connectivity index is 2.53. The molecule has 0 N–H and O–H groups in total. The Labute approximate surface area is 142 Å². The van der Waals surface area contributed by atoms with Crippen molar-refractivity contribution in [3.8, 4) is 11.3 Å². The minimum absolute atomic E-state index is 0.303. The van der Waals surface area contributed by atoms with Crippen LogP contribution in [0.5, 0.6) is 0 Å². The normalized spacial score (nSPS) is 11.1. The first kappa shape index (κ1) is 17.5. The van der Waals surface area contributed by atoms with Crippen molar-refractivity contribution in [2.75, 3.05) is 11.5 Å². The Morgan fingerprint density at radius 2 is 1.78 bits per heavy atom. The topological polar surface area (TPSA) is 42.4 Å². The van der Waals surface area contributed by atoms with E-state index in [9.17, 15) is 4.79 Å². The Morgan fingerprint density at radius 1 is 1.17 bits per heavy atom. The first-order chi connectivity index (χ1) is 11.0. The maximum Gasteiger partial charge on any atom is 0.350 e. The molecule has 0 spiro atoms. The molecule has 0 aliphatic carbocycles. The van der Waals surface area contributed by atoms with Gasteiger partial charge >= 0.3 is 5.97 Å². The van der Waals surface area contributed by atoms with Gasteiger partial charge in [0.2, 0.25) is 0 Å². The number of carbonyl (C=O) groups is 1. The molecule has 0 amide bonds. The van der Waals surface area contributed by atoms with Crippen LogP contribution < -0.4 is 4.90 Å². The molecular weight excluding hydrogens is 308 g/mol. The van der Waals surface area contributed by atoms with Crippen LogP contribution in [-0.4, -0.2) is 29.6 Å². The fourth-order valence-corrected chi connectivity index (χ4v) is 3.83. The highest BCUT2D eigenvalue weighted by molar-refractivity contribution is 7.18. The van der Waals surface area contributed by atoms with Gasteiger partial charge in [-0.3, -0.25) is 0 Å². The maximum atomic E-state index is 12.3. The Bertz CT molecular complexity index is 642. The van der Waals surface area contributed by atoms with E-state index in [1.165, 1.54) is 11.3 Å². The van der Waals surface area contributed by atoms with Crippen molar-refractivity contribution in [3.05, 3.63) is 35.2 Å². The third-order valence-corrected chi connectivity index (χ3v) is 4.51. The summed E-state index contributed by atoms with van der Waals surface area (Å²) in [5.41, 5.74) is 1.64. The molecule has 1 aromatic heterocycles. The maximum absolute atomic E-state index is 12.3. The van der Waals surface area contributed by atoms with Gasteiger partial charge in [0.15, 0.2) is 5.13 Å². The van der Waals surface area contributed by atoms with Crippen molar-refractivity contribution >= 4 is 22.4 Å². The third-order valence-electron chi connectivity index (χ3n) is 3.46. The number of benzene rings is 1. The average Bonchev–Trinajstić information content (AvgIpc) is 2.92. The fourth-order valence-electron chi connectivity index (χ4n) is 2.58. The summed E-state index contributed by atoms with van der Waals surface area (Å²) < 4.78 is 5.22. The quantitative estimate of drug-likeness (QED) is 0.725. The van der Waals surface area contributed by atoms with Crippen LogP contribution in [0.15, 0.2) is 30.3 Å². The Morgan fingerprint density at radius 3 is 2.30 bits per heavy atom. The molecule has 0 aliphatic rings. The van der Waals surface area contributed by atoms with Crippen molar-refractivity contribution in [2.45, 2.75) is 46.7 Å². The highest BCUT2D eigenvalue weighted by Crippen LogP contribution is 2.35. The monoisotopic (exact) mass is 332 g/mol. The summed E-state index contributed by atoms with van der Waals surface area (Å²) in [6, 6.07) is 10.4. The van der Waals surface area contributed by atoms with Gasteiger partial charge in [0, 0.05) is 17.6 Å². The van der Waals surface area contributed by atoms with Crippen LogP contribution in [-0.2, 0) is 4.74 Å². The van der Waals surface area contributed by atoms with E-state index in [4.69, 9.17) is 9.72 Å². The van der Waals surface area contributed by atoms with Gasteiger partial charge in [-0.15, -0.1) is 0 Å². The molecule has 0 aliphatic heterocycles. The van der Waals surface area contributed by atoms with Gasteiger partial charge in [-0.2, -0.15) is 0 Å². The SMILES string of the molecule is CCOC(=O)c1sc(N(C(C)C)C(C)C)nc1-c1ccccc1. The molecule has 1 heterocycles. The summed E-state index contributed by atoms with van der Waals surface area (Å²) in [5.74, 6) is -0.303.